The van der Waals surface area contributed by atoms with E-state index in [1.807, 2.05) is 6.07 Å². The molecule has 0 spiro atoms. The highest BCUT2D eigenvalue weighted by molar-refractivity contribution is 5.84. The molecule has 0 aliphatic heterocycles. The Morgan fingerprint density at radius 3 is 2.27 bits per heavy atom. The van der Waals surface area contributed by atoms with Gasteiger partial charge in [0.1, 0.15) is 0 Å². The molecular weight excluding hydrogens is 382 g/mol. The number of hydrogen-bond donors (Lipinski definition) is 2. The lowest BCUT2D eigenvalue weighted by atomic mass is 9.39. The normalized spacial score (nSPS) is 42.5. The van der Waals surface area contributed by atoms with Crippen molar-refractivity contribution in [3.63, 3.8) is 0 Å². The molecule has 0 saturated heterocycles. The Morgan fingerprint density at radius 1 is 1.03 bits per heavy atom. The second-order valence-corrected chi connectivity index (χ2v) is 10.8. The topological polar surface area (TPSA) is 55.1 Å². The molecule has 3 N–H and O–H groups in total. The molecule has 2 atom stereocenters. The molecule has 5 saturated carbocycles. The summed E-state index contributed by atoms with van der Waals surface area (Å²) in [5, 5.41) is 3.38. The van der Waals surface area contributed by atoms with E-state index in [1.54, 1.807) is 0 Å². The van der Waals surface area contributed by atoms with Gasteiger partial charge in [0, 0.05) is 18.5 Å². The van der Waals surface area contributed by atoms with Gasteiger partial charge in [0.05, 0.1) is 5.41 Å². The Balaban J connectivity index is 1.42. The fraction of sp³-hybridized carbons (Fsp3) is 0.720. The summed E-state index contributed by atoms with van der Waals surface area (Å²) < 4.78 is 26.7. The van der Waals surface area contributed by atoms with E-state index in [9.17, 15) is 13.6 Å². The van der Waals surface area contributed by atoms with E-state index >= 15 is 0 Å². The number of amides is 1. The summed E-state index contributed by atoms with van der Waals surface area (Å²) in [7, 11) is 0. The molecule has 164 valence electrons. The van der Waals surface area contributed by atoms with Crippen molar-refractivity contribution in [3.05, 3.63) is 35.9 Å². The number of hydrogen-bond acceptors (Lipinski definition) is 2. The van der Waals surface area contributed by atoms with E-state index in [0.29, 0.717) is 0 Å². The van der Waals surface area contributed by atoms with Crippen LogP contribution in [-0.4, -0.2) is 24.4 Å². The number of rotatable bonds is 5. The molecule has 4 bridgehead atoms. The zero-order chi connectivity index (χ0) is 20.9. The number of carbonyl (C=O) groups is 1. The minimum Gasteiger partial charge on any atom is -0.353 e. The van der Waals surface area contributed by atoms with Crippen LogP contribution in [0.3, 0.4) is 0 Å². The Kier molecular flexibility index (Phi) is 5.16. The van der Waals surface area contributed by atoms with Crippen LogP contribution in [0.25, 0.3) is 0 Å². The third-order valence-corrected chi connectivity index (χ3v) is 8.92. The van der Waals surface area contributed by atoms with Crippen LogP contribution < -0.4 is 11.1 Å². The zero-order valence-electron chi connectivity index (χ0n) is 17.7. The SMILES string of the molecule is N[C@H]1CC[C@H](NC(=O)C23CC4CC(c5ccccc5)(CC(C2)C4CC(F)F)C3)CC1. The van der Waals surface area contributed by atoms with Crippen molar-refractivity contribution in [1.29, 1.82) is 0 Å². The number of nitrogens with one attached hydrogen (secondary N) is 1. The van der Waals surface area contributed by atoms with Gasteiger partial charge in [-0.3, -0.25) is 4.79 Å². The summed E-state index contributed by atoms with van der Waals surface area (Å²) in [6, 6.07) is 11.0. The average Bonchev–Trinajstić information content (AvgIpc) is 2.72. The molecule has 1 amide bonds. The summed E-state index contributed by atoms with van der Waals surface area (Å²) in [6.07, 6.45) is 5.94. The van der Waals surface area contributed by atoms with Gasteiger partial charge in [-0.25, -0.2) is 8.78 Å². The van der Waals surface area contributed by atoms with E-state index in [0.717, 1.165) is 57.8 Å². The summed E-state index contributed by atoms with van der Waals surface area (Å²) in [6.45, 7) is 0. The van der Waals surface area contributed by atoms with E-state index in [-0.39, 0.29) is 53.0 Å². The molecule has 30 heavy (non-hydrogen) atoms. The van der Waals surface area contributed by atoms with Crippen molar-refractivity contribution in [2.45, 2.75) is 88.1 Å². The third kappa shape index (κ3) is 3.47. The van der Waals surface area contributed by atoms with E-state index < -0.39 is 6.43 Å². The largest absolute Gasteiger partial charge is 0.353 e. The highest BCUT2D eigenvalue weighted by Crippen LogP contribution is 2.68. The molecule has 0 heterocycles. The van der Waals surface area contributed by atoms with E-state index in [2.05, 4.69) is 29.6 Å². The van der Waals surface area contributed by atoms with Crippen LogP contribution in [0, 0.1) is 23.2 Å². The number of nitrogens with two attached hydrogens (primary N) is 1. The van der Waals surface area contributed by atoms with Crippen LogP contribution in [0.5, 0.6) is 0 Å². The van der Waals surface area contributed by atoms with Crippen LogP contribution in [0.4, 0.5) is 8.78 Å². The summed E-state index contributed by atoms with van der Waals surface area (Å²) in [5.41, 5.74) is 6.92. The number of carbonyl (C=O) groups excluding carboxylic acids is 1. The van der Waals surface area contributed by atoms with Gasteiger partial charge in [-0.1, -0.05) is 30.3 Å². The minimum absolute atomic E-state index is 0.00157. The smallest absolute Gasteiger partial charge is 0.238 e. The molecule has 5 aliphatic carbocycles. The van der Waals surface area contributed by atoms with E-state index in [4.69, 9.17) is 5.73 Å². The second kappa shape index (κ2) is 7.58. The molecule has 0 aromatic heterocycles. The Hall–Kier alpha value is -1.49. The number of alkyl halides is 2. The van der Waals surface area contributed by atoms with Crippen LogP contribution in [0.2, 0.25) is 0 Å². The fourth-order valence-corrected chi connectivity index (χ4v) is 7.83. The molecule has 3 nitrogen and oxygen atoms in total. The number of benzene rings is 1. The first-order valence-electron chi connectivity index (χ1n) is 11.8. The molecule has 5 fully saturated rings. The van der Waals surface area contributed by atoms with Crippen molar-refractivity contribution < 1.29 is 13.6 Å². The fourth-order valence-electron chi connectivity index (χ4n) is 7.83. The Bertz CT molecular complexity index is 759. The maximum absolute atomic E-state index is 13.7. The van der Waals surface area contributed by atoms with Crippen molar-refractivity contribution in [2.75, 3.05) is 0 Å². The molecule has 0 radical (unpaired) electrons. The molecule has 1 aromatic rings. The Labute approximate surface area is 178 Å². The lowest BCUT2D eigenvalue weighted by Gasteiger charge is -2.64. The van der Waals surface area contributed by atoms with Crippen LogP contribution in [-0.2, 0) is 10.2 Å². The molecule has 5 aliphatic rings. The zero-order valence-corrected chi connectivity index (χ0v) is 17.7. The molecule has 6 rings (SSSR count). The molecular formula is C25H34F2N2O. The van der Waals surface area contributed by atoms with Gasteiger partial charge in [-0.05, 0) is 86.5 Å². The lowest BCUT2D eigenvalue weighted by Crippen LogP contribution is -2.62. The van der Waals surface area contributed by atoms with Crippen LogP contribution >= 0.6 is 0 Å². The first-order chi connectivity index (χ1) is 14.4. The Morgan fingerprint density at radius 2 is 1.67 bits per heavy atom. The maximum atomic E-state index is 13.7. The van der Waals surface area contributed by atoms with Gasteiger partial charge in [0.25, 0.3) is 0 Å². The second-order valence-electron chi connectivity index (χ2n) is 10.8. The van der Waals surface area contributed by atoms with Gasteiger partial charge < -0.3 is 11.1 Å². The molecule has 5 heteroatoms. The van der Waals surface area contributed by atoms with Gasteiger partial charge >= 0.3 is 0 Å². The average molecular weight is 417 g/mol. The van der Waals surface area contributed by atoms with Gasteiger partial charge in [0.15, 0.2) is 0 Å². The third-order valence-electron chi connectivity index (χ3n) is 8.92. The van der Waals surface area contributed by atoms with Gasteiger partial charge in [-0.15, -0.1) is 0 Å². The van der Waals surface area contributed by atoms with Gasteiger partial charge in [-0.2, -0.15) is 0 Å². The van der Waals surface area contributed by atoms with E-state index in [1.165, 1.54) is 5.56 Å². The van der Waals surface area contributed by atoms with Crippen molar-refractivity contribution in [1.82, 2.24) is 5.32 Å². The van der Waals surface area contributed by atoms with Crippen LogP contribution in [0.1, 0.15) is 69.8 Å². The van der Waals surface area contributed by atoms with Crippen molar-refractivity contribution in [2.24, 2.45) is 28.9 Å². The molecule has 1 aromatic carbocycles. The summed E-state index contributed by atoms with van der Waals surface area (Å²) >= 11 is 0. The van der Waals surface area contributed by atoms with Crippen molar-refractivity contribution >= 4 is 5.91 Å². The monoisotopic (exact) mass is 416 g/mol. The summed E-state index contributed by atoms with van der Waals surface area (Å²) in [5.74, 6) is 0.709. The molecule has 2 unspecified atom stereocenters. The lowest BCUT2D eigenvalue weighted by molar-refractivity contribution is -0.161. The first kappa shape index (κ1) is 20.4. The predicted molar refractivity (Wildman–Crippen MR) is 113 cm³/mol. The standard InChI is InChI=1S/C25H34F2N2O/c26-22(27)10-21-16-11-24(18-4-2-1-3-5-18)12-17(21)14-25(13-16,15-24)23(30)29-20-8-6-19(28)7-9-20/h1-5,16-17,19-22H,6-15,28H2,(H,29,30)/t16?,17?,19-,20-,21?,24?,25?. The highest BCUT2D eigenvalue weighted by atomic mass is 19.3. The quantitative estimate of drug-likeness (QED) is 0.725. The van der Waals surface area contributed by atoms with Crippen LogP contribution in [0.15, 0.2) is 30.3 Å². The highest BCUT2D eigenvalue weighted by Gasteiger charge is 2.64. The van der Waals surface area contributed by atoms with Crippen molar-refractivity contribution in [3.8, 4) is 0 Å². The minimum atomic E-state index is -2.25. The predicted octanol–water partition coefficient (Wildman–Crippen LogP) is 4.79. The maximum Gasteiger partial charge on any atom is 0.238 e. The summed E-state index contributed by atoms with van der Waals surface area (Å²) in [4.78, 5) is 13.7. The van der Waals surface area contributed by atoms with Gasteiger partial charge in [0.2, 0.25) is 12.3 Å². The number of halogens is 2. The first-order valence-corrected chi connectivity index (χ1v) is 11.8.